The number of aliphatic carboxylic acids is 1. The number of fused-ring (bicyclic) bond motifs is 1. The van der Waals surface area contributed by atoms with E-state index < -0.39 is 5.97 Å². The maximum absolute atomic E-state index is 11.7. The smallest absolute Gasteiger partial charge is 0.407 e. The van der Waals surface area contributed by atoms with E-state index in [-0.39, 0.29) is 30.6 Å². The van der Waals surface area contributed by atoms with Crippen molar-refractivity contribution in [2.24, 2.45) is 0 Å². The topological polar surface area (TPSA) is 105 Å². The fourth-order valence-electron chi connectivity index (χ4n) is 3.04. The van der Waals surface area contributed by atoms with Crippen molar-refractivity contribution in [3.8, 4) is 0 Å². The second-order valence-electron chi connectivity index (χ2n) is 6.29. The first kappa shape index (κ1) is 18.9. The first-order valence-corrected chi connectivity index (χ1v) is 9.68. The molecule has 0 aliphatic carbocycles. The SMILES string of the molecule is O=C(O)CCCCCNC(=O)CCCCC1SCC2NC(=O)OC21. The molecule has 8 heteroatoms. The molecule has 2 rings (SSSR count). The van der Waals surface area contributed by atoms with Crippen molar-refractivity contribution in [1.82, 2.24) is 10.6 Å². The molecule has 136 valence electrons. The lowest BCUT2D eigenvalue weighted by atomic mass is 10.0. The van der Waals surface area contributed by atoms with E-state index in [4.69, 9.17) is 9.84 Å². The zero-order valence-corrected chi connectivity index (χ0v) is 14.6. The lowest BCUT2D eigenvalue weighted by molar-refractivity contribution is -0.137. The Kier molecular flexibility index (Phi) is 7.68. The first-order valence-electron chi connectivity index (χ1n) is 8.63. The van der Waals surface area contributed by atoms with Gasteiger partial charge in [-0.25, -0.2) is 4.79 Å². The molecule has 7 nitrogen and oxygen atoms in total. The van der Waals surface area contributed by atoms with Crippen LogP contribution in [0.1, 0.15) is 51.4 Å². The average Bonchev–Trinajstić information content (AvgIpc) is 3.06. The molecule has 2 aliphatic heterocycles. The Balaban J connectivity index is 1.45. The Bertz CT molecular complexity index is 460. The largest absolute Gasteiger partial charge is 0.481 e. The highest BCUT2D eigenvalue weighted by atomic mass is 32.2. The third-order valence-electron chi connectivity index (χ3n) is 4.33. The predicted octanol–water partition coefficient (Wildman–Crippen LogP) is 1.90. The summed E-state index contributed by atoms with van der Waals surface area (Å²) in [6.45, 7) is 0.613. The van der Waals surface area contributed by atoms with Crippen LogP contribution in [0.2, 0.25) is 0 Å². The fourth-order valence-corrected chi connectivity index (χ4v) is 4.54. The van der Waals surface area contributed by atoms with E-state index in [9.17, 15) is 14.4 Å². The van der Waals surface area contributed by atoms with E-state index in [1.54, 1.807) is 0 Å². The summed E-state index contributed by atoms with van der Waals surface area (Å²) in [4.78, 5) is 33.3. The highest BCUT2D eigenvalue weighted by Crippen LogP contribution is 2.35. The van der Waals surface area contributed by atoms with Crippen LogP contribution >= 0.6 is 11.8 Å². The van der Waals surface area contributed by atoms with E-state index >= 15 is 0 Å². The van der Waals surface area contributed by atoms with Crippen LogP contribution in [0, 0.1) is 0 Å². The Labute approximate surface area is 146 Å². The number of ether oxygens (including phenoxy) is 1. The Morgan fingerprint density at radius 3 is 2.79 bits per heavy atom. The second kappa shape index (κ2) is 9.76. The number of carboxylic acid groups (broad SMARTS) is 1. The summed E-state index contributed by atoms with van der Waals surface area (Å²) in [5, 5.41) is 14.6. The van der Waals surface area contributed by atoms with Crippen LogP contribution in [0.15, 0.2) is 0 Å². The van der Waals surface area contributed by atoms with E-state index in [1.807, 2.05) is 11.8 Å². The number of hydrogen-bond donors (Lipinski definition) is 3. The van der Waals surface area contributed by atoms with E-state index in [0.29, 0.717) is 24.6 Å². The highest BCUT2D eigenvalue weighted by Gasteiger charge is 2.44. The molecule has 0 aromatic carbocycles. The molecule has 0 bridgehead atoms. The predicted molar refractivity (Wildman–Crippen MR) is 91.0 cm³/mol. The van der Waals surface area contributed by atoms with Crippen molar-refractivity contribution in [2.75, 3.05) is 12.3 Å². The van der Waals surface area contributed by atoms with Gasteiger partial charge in [0, 0.05) is 30.4 Å². The number of rotatable bonds is 11. The van der Waals surface area contributed by atoms with Crippen molar-refractivity contribution in [2.45, 2.75) is 68.8 Å². The number of unbranched alkanes of at least 4 members (excludes halogenated alkanes) is 3. The van der Waals surface area contributed by atoms with Crippen LogP contribution in [0.5, 0.6) is 0 Å². The third kappa shape index (κ3) is 6.22. The summed E-state index contributed by atoms with van der Waals surface area (Å²) in [6, 6.07) is 0.150. The average molecular weight is 358 g/mol. The summed E-state index contributed by atoms with van der Waals surface area (Å²) in [7, 11) is 0. The molecule has 2 saturated heterocycles. The number of hydrogen-bond acceptors (Lipinski definition) is 5. The summed E-state index contributed by atoms with van der Waals surface area (Å²) in [5.41, 5.74) is 0. The molecule has 0 radical (unpaired) electrons. The van der Waals surface area contributed by atoms with Gasteiger partial charge in [-0.1, -0.05) is 12.8 Å². The van der Waals surface area contributed by atoms with Gasteiger partial charge in [-0.3, -0.25) is 9.59 Å². The first-order chi connectivity index (χ1) is 11.6. The zero-order chi connectivity index (χ0) is 17.4. The Morgan fingerprint density at radius 2 is 2.00 bits per heavy atom. The van der Waals surface area contributed by atoms with E-state index in [0.717, 1.165) is 37.9 Å². The molecule has 0 spiro atoms. The van der Waals surface area contributed by atoms with Crippen LogP contribution in [0.4, 0.5) is 4.79 Å². The van der Waals surface area contributed by atoms with Gasteiger partial charge in [0.2, 0.25) is 5.91 Å². The summed E-state index contributed by atoms with van der Waals surface area (Å²) < 4.78 is 5.29. The van der Waals surface area contributed by atoms with Gasteiger partial charge in [-0.15, -0.1) is 0 Å². The lowest BCUT2D eigenvalue weighted by Gasteiger charge is -2.15. The van der Waals surface area contributed by atoms with Crippen molar-refractivity contribution in [3.05, 3.63) is 0 Å². The number of carbonyl (C=O) groups excluding carboxylic acids is 2. The van der Waals surface area contributed by atoms with Gasteiger partial charge in [0.05, 0.1) is 6.04 Å². The molecule has 0 aromatic rings. The third-order valence-corrected chi connectivity index (χ3v) is 5.81. The van der Waals surface area contributed by atoms with Crippen molar-refractivity contribution in [3.63, 3.8) is 0 Å². The van der Waals surface area contributed by atoms with Gasteiger partial charge in [0.15, 0.2) is 0 Å². The van der Waals surface area contributed by atoms with Gasteiger partial charge < -0.3 is 20.5 Å². The Morgan fingerprint density at radius 1 is 1.21 bits per heavy atom. The minimum absolute atomic E-state index is 0.0119. The van der Waals surface area contributed by atoms with Gasteiger partial charge >= 0.3 is 12.1 Å². The molecule has 24 heavy (non-hydrogen) atoms. The summed E-state index contributed by atoms with van der Waals surface area (Å²) in [6.07, 6.45) is 5.43. The number of carbonyl (C=O) groups is 3. The fraction of sp³-hybridized carbons (Fsp3) is 0.812. The summed E-state index contributed by atoms with van der Waals surface area (Å²) >= 11 is 1.84. The van der Waals surface area contributed by atoms with Crippen LogP contribution in [0.3, 0.4) is 0 Å². The molecule has 2 heterocycles. The van der Waals surface area contributed by atoms with Crippen LogP contribution < -0.4 is 10.6 Å². The number of amides is 2. The molecule has 2 amide bonds. The minimum atomic E-state index is -0.770. The van der Waals surface area contributed by atoms with Crippen molar-refractivity contribution in [1.29, 1.82) is 0 Å². The highest BCUT2D eigenvalue weighted by molar-refractivity contribution is 8.00. The molecule has 0 saturated carbocycles. The van der Waals surface area contributed by atoms with Crippen molar-refractivity contribution < 1.29 is 24.2 Å². The number of nitrogens with one attached hydrogen (secondary N) is 2. The second-order valence-corrected chi connectivity index (χ2v) is 7.56. The molecule has 0 aromatic heterocycles. The van der Waals surface area contributed by atoms with Crippen LogP contribution in [-0.2, 0) is 14.3 Å². The molecule has 3 N–H and O–H groups in total. The molecule has 2 fully saturated rings. The lowest BCUT2D eigenvalue weighted by Crippen LogP contribution is -2.32. The van der Waals surface area contributed by atoms with E-state index in [1.165, 1.54) is 0 Å². The molecule has 3 unspecified atom stereocenters. The number of alkyl carbamates (subject to hydrolysis) is 1. The van der Waals surface area contributed by atoms with Gasteiger partial charge in [-0.2, -0.15) is 11.8 Å². The van der Waals surface area contributed by atoms with Crippen LogP contribution in [-0.4, -0.2) is 52.8 Å². The maximum atomic E-state index is 11.7. The Hall–Kier alpha value is -1.44. The van der Waals surface area contributed by atoms with Crippen molar-refractivity contribution >= 4 is 29.7 Å². The molecular weight excluding hydrogens is 332 g/mol. The maximum Gasteiger partial charge on any atom is 0.407 e. The number of carboxylic acids is 1. The van der Waals surface area contributed by atoms with E-state index in [2.05, 4.69) is 10.6 Å². The molecule has 3 atom stereocenters. The molecule has 2 aliphatic rings. The standard InChI is InChI=1S/C16H26N2O5S/c19-13(17-9-5-1-2-8-14(20)21)7-4-3-6-12-15-11(10-24-12)18-16(22)23-15/h11-12,15H,1-10H2,(H,17,19)(H,18,22)(H,20,21). The molecular formula is C16H26N2O5S. The van der Waals surface area contributed by atoms with Gasteiger partial charge in [0.25, 0.3) is 0 Å². The van der Waals surface area contributed by atoms with Crippen LogP contribution in [0.25, 0.3) is 0 Å². The quantitative estimate of drug-likeness (QED) is 0.487. The summed E-state index contributed by atoms with van der Waals surface area (Å²) in [5.74, 6) is 0.191. The minimum Gasteiger partial charge on any atom is -0.481 e. The van der Waals surface area contributed by atoms with Gasteiger partial charge in [0.1, 0.15) is 6.10 Å². The normalized spacial score (nSPS) is 25.0. The zero-order valence-electron chi connectivity index (χ0n) is 13.8. The monoisotopic (exact) mass is 358 g/mol. The number of thioether (sulfide) groups is 1. The van der Waals surface area contributed by atoms with Gasteiger partial charge in [-0.05, 0) is 25.7 Å².